The molecule has 23 heavy (non-hydrogen) atoms. The minimum atomic E-state index is 0.216. The Labute approximate surface area is 137 Å². The lowest BCUT2D eigenvalue weighted by atomic mass is 10.2. The average Bonchev–Trinajstić information content (AvgIpc) is 2.88. The molecule has 5 heteroatoms. The van der Waals surface area contributed by atoms with Crippen molar-refractivity contribution in [3.63, 3.8) is 0 Å². The van der Waals surface area contributed by atoms with Crippen LogP contribution in [0.3, 0.4) is 0 Å². The van der Waals surface area contributed by atoms with Crippen LogP contribution in [0.2, 0.25) is 0 Å². The predicted molar refractivity (Wildman–Crippen MR) is 90.0 cm³/mol. The van der Waals surface area contributed by atoms with Gasteiger partial charge in [-0.2, -0.15) is 0 Å². The van der Waals surface area contributed by atoms with Gasteiger partial charge in [-0.15, -0.1) is 0 Å². The number of carbonyl (C=O) groups is 1. The van der Waals surface area contributed by atoms with Crippen molar-refractivity contribution >= 4 is 5.91 Å². The molecule has 0 saturated carbocycles. The van der Waals surface area contributed by atoms with E-state index in [0.717, 1.165) is 44.1 Å². The summed E-state index contributed by atoms with van der Waals surface area (Å²) in [5.74, 6) is 0.216. The number of carbonyl (C=O) groups excluding carboxylic acids is 1. The number of aryl methyl sites for hydroxylation is 2. The normalized spacial score (nSPS) is 15.8. The van der Waals surface area contributed by atoms with Crippen molar-refractivity contribution in [2.24, 2.45) is 0 Å². The fraction of sp³-hybridized carbons (Fsp3) is 0.444. The van der Waals surface area contributed by atoms with Gasteiger partial charge >= 0.3 is 0 Å². The monoisotopic (exact) mass is 312 g/mol. The molecule has 0 aromatic carbocycles. The molecule has 5 nitrogen and oxygen atoms in total. The second-order valence-electron chi connectivity index (χ2n) is 6.22. The van der Waals surface area contributed by atoms with Gasteiger partial charge in [-0.3, -0.25) is 14.7 Å². The van der Waals surface area contributed by atoms with E-state index in [1.165, 1.54) is 5.56 Å². The Morgan fingerprint density at radius 3 is 2.39 bits per heavy atom. The molecule has 1 aliphatic rings. The van der Waals surface area contributed by atoms with Crippen LogP contribution in [0.5, 0.6) is 0 Å². The topological polar surface area (TPSA) is 41.4 Å². The molecule has 0 spiro atoms. The Balaban J connectivity index is 1.51. The van der Waals surface area contributed by atoms with E-state index >= 15 is 0 Å². The summed E-state index contributed by atoms with van der Waals surface area (Å²) in [4.78, 5) is 21.0. The van der Waals surface area contributed by atoms with Crippen LogP contribution < -0.4 is 0 Å². The van der Waals surface area contributed by atoms with Crippen LogP contribution in [0, 0.1) is 13.8 Å². The lowest BCUT2D eigenvalue weighted by molar-refractivity contribution is -0.133. The molecule has 122 valence electrons. The van der Waals surface area contributed by atoms with Gasteiger partial charge < -0.3 is 9.47 Å². The van der Waals surface area contributed by atoms with Crippen LogP contribution in [0.15, 0.2) is 36.7 Å². The Morgan fingerprint density at radius 1 is 1.09 bits per heavy atom. The molecule has 0 bridgehead atoms. The third-order valence-electron chi connectivity index (χ3n) is 4.56. The Hall–Kier alpha value is -2.14. The number of pyridine rings is 1. The van der Waals surface area contributed by atoms with Gasteiger partial charge in [0.1, 0.15) is 6.54 Å². The SMILES string of the molecule is Cc1ccc(C)n1CC(=O)N1CCN(Cc2cccnc2)CC1. The van der Waals surface area contributed by atoms with Gasteiger partial charge in [-0.1, -0.05) is 6.07 Å². The fourth-order valence-electron chi connectivity index (χ4n) is 3.09. The molecule has 0 atom stereocenters. The van der Waals surface area contributed by atoms with Gasteiger partial charge in [-0.05, 0) is 37.6 Å². The molecule has 0 radical (unpaired) electrons. The molecule has 3 rings (SSSR count). The highest BCUT2D eigenvalue weighted by atomic mass is 16.2. The number of aromatic nitrogens is 2. The number of hydrogen-bond acceptors (Lipinski definition) is 3. The van der Waals surface area contributed by atoms with Gasteiger partial charge in [0.25, 0.3) is 0 Å². The molecular formula is C18H24N4O. The number of nitrogens with zero attached hydrogens (tertiary/aromatic N) is 4. The summed E-state index contributed by atoms with van der Waals surface area (Å²) in [5.41, 5.74) is 3.52. The molecule has 0 N–H and O–H groups in total. The van der Waals surface area contributed by atoms with E-state index in [0.29, 0.717) is 6.54 Å². The predicted octanol–water partition coefficient (Wildman–Crippen LogP) is 1.84. The standard InChI is InChI=1S/C18H24N4O/c1-15-5-6-16(2)22(15)14-18(23)21-10-8-20(9-11-21)13-17-4-3-7-19-12-17/h3-7,12H,8-11,13-14H2,1-2H3. The first kappa shape index (κ1) is 15.7. The van der Waals surface area contributed by atoms with Crippen LogP contribution in [0.25, 0.3) is 0 Å². The van der Waals surface area contributed by atoms with Gasteiger partial charge in [-0.25, -0.2) is 0 Å². The maximum absolute atomic E-state index is 12.5. The first-order valence-electron chi connectivity index (χ1n) is 8.15. The fourth-order valence-corrected chi connectivity index (χ4v) is 3.09. The summed E-state index contributed by atoms with van der Waals surface area (Å²) in [6.07, 6.45) is 3.71. The van der Waals surface area contributed by atoms with Crippen LogP contribution in [-0.4, -0.2) is 51.4 Å². The number of rotatable bonds is 4. The maximum Gasteiger partial charge on any atom is 0.242 e. The van der Waals surface area contributed by atoms with E-state index in [1.807, 2.05) is 31.0 Å². The summed E-state index contributed by atoms with van der Waals surface area (Å²) in [6, 6.07) is 8.20. The molecule has 0 unspecified atom stereocenters. The van der Waals surface area contributed by atoms with Crippen molar-refractivity contribution < 1.29 is 4.79 Å². The van der Waals surface area contributed by atoms with Crippen molar-refractivity contribution in [3.05, 3.63) is 53.6 Å². The highest BCUT2D eigenvalue weighted by molar-refractivity contribution is 5.76. The first-order chi connectivity index (χ1) is 11.1. The maximum atomic E-state index is 12.5. The van der Waals surface area contributed by atoms with E-state index in [1.54, 1.807) is 6.20 Å². The zero-order valence-corrected chi connectivity index (χ0v) is 13.9. The highest BCUT2D eigenvalue weighted by Gasteiger charge is 2.21. The molecular weight excluding hydrogens is 288 g/mol. The second kappa shape index (κ2) is 6.96. The molecule has 3 heterocycles. The van der Waals surface area contributed by atoms with Gasteiger partial charge in [0.15, 0.2) is 0 Å². The van der Waals surface area contributed by atoms with Crippen LogP contribution in [-0.2, 0) is 17.9 Å². The van der Waals surface area contributed by atoms with Crippen LogP contribution >= 0.6 is 0 Å². The number of piperazine rings is 1. The zero-order chi connectivity index (χ0) is 16.2. The Kier molecular flexibility index (Phi) is 4.76. The minimum absolute atomic E-state index is 0.216. The molecule has 0 aliphatic carbocycles. The van der Waals surface area contributed by atoms with Crippen molar-refractivity contribution in [1.82, 2.24) is 19.4 Å². The summed E-state index contributed by atoms with van der Waals surface area (Å²) in [6.45, 7) is 8.91. The van der Waals surface area contributed by atoms with Crippen LogP contribution in [0.1, 0.15) is 17.0 Å². The lowest BCUT2D eigenvalue weighted by Crippen LogP contribution is -2.49. The van der Waals surface area contributed by atoms with E-state index in [2.05, 4.69) is 32.7 Å². The third-order valence-corrected chi connectivity index (χ3v) is 4.56. The van der Waals surface area contributed by atoms with Crippen molar-refractivity contribution in [3.8, 4) is 0 Å². The molecule has 1 amide bonds. The second-order valence-corrected chi connectivity index (χ2v) is 6.22. The first-order valence-corrected chi connectivity index (χ1v) is 8.15. The highest BCUT2D eigenvalue weighted by Crippen LogP contribution is 2.11. The number of hydrogen-bond donors (Lipinski definition) is 0. The van der Waals surface area contributed by atoms with Gasteiger partial charge in [0.2, 0.25) is 5.91 Å². The number of amides is 1. The van der Waals surface area contributed by atoms with Crippen molar-refractivity contribution in [2.45, 2.75) is 26.9 Å². The summed E-state index contributed by atoms with van der Waals surface area (Å²) >= 11 is 0. The van der Waals surface area contributed by atoms with E-state index in [4.69, 9.17) is 0 Å². The summed E-state index contributed by atoms with van der Waals surface area (Å²) < 4.78 is 2.09. The van der Waals surface area contributed by atoms with E-state index in [9.17, 15) is 4.79 Å². The van der Waals surface area contributed by atoms with Gasteiger partial charge in [0, 0.05) is 56.5 Å². The van der Waals surface area contributed by atoms with Crippen LogP contribution in [0.4, 0.5) is 0 Å². The molecule has 1 fully saturated rings. The quantitative estimate of drug-likeness (QED) is 0.865. The molecule has 2 aromatic rings. The lowest BCUT2D eigenvalue weighted by Gasteiger charge is -2.35. The van der Waals surface area contributed by atoms with Crippen molar-refractivity contribution in [2.75, 3.05) is 26.2 Å². The largest absolute Gasteiger partial charge is 0.340 e. The molecule has 1 aliphatic heterocycles. The van der Waals surface area contributed by atoms with Crippen molar-refractivity contribution in [1.29, 1.82) is 0 Å². The Morgan fingerprint density at radius 2 is 1.78 bits per heavy atom. The summed E-state index contributed by atoms with van der Waals surface area (Å²) in [5, 5.41) is 0. The Bertz CT molecular complexity index is 637. The third kappa shape index (κ3) is 3.79. The molecule has 2 aromatic heterocycles. The average molecular weight is 312 g/mol. The minimum Gasteiger partial charge on any atom is -0.340 e. The molecule has 1 saturated heterocycles. The summed E-state index contributed by atoms with van der Waals surface area (Å²) in [7, 11) is 0. The van der Waals surface area contributed by atoms with E-state index < -0.39 is 0 Å². The van der Waals surface area contributed by atoms with E-state index in [-0.39, 0.29) is 5.91 Å². The van der Waals surface area contributed by atoms with Gasteiger partial charge in [0.05, 0.1) is 0 Å². The smallest absolute Gasteiger partial charge is 0.242 e. The zero-order valence-electron chi connectivity index (χ0n) is 13.9.